The molecule has 1 N–H and O–H groups in total. The summed E-state index contributed by atoms with van der Waals surface area (Å²) in [6.07, 6.45) is -0.842. The highest BCUT2D eigenvalue weighted by molar-refractivity contribution is 5.97. The molecule has 1 unspecified atom stereocenters. The van der Waals surface area contributed by atoms with Gasteiger partial charge in [-0.1, -0.05) is 12.1 Å². The second-order valence-corrected chi connectivity index (χ2v) is 6.12. The zero-order chi connectivity index (χ0) is 18.6. The Morgan fingerprint density at radius 2 is 1.52 bits per heavy atom. The molecular formula is C18H24O7. The van der Waals surface area contributed by atoms with Crippen LogP contribution in [0.5, 0.6) is 5.75 Å². The normalized spacial score (nSPS) is 18.8. The second kappa shape index (κ2) is 7.84. The summed E-state index contributed by atoms with van der Waals surface area (Å²) in [5.74, 6) is -4.61. The fourth-order valence-corrected chi connectivity index (χ4v) is 2.81. The molecule has 0 aliphatic carbocycles. The van der Waals surface area contributed by atoms with Crippen molar-refractivity contribution in [3.8, 4) is 5.75 Å². The van der Waals surface area contributed by atoms with Gasteiger partial charge in [-0.2, -0.15) is 0 Å². The average molecular weight is 352 g/mol. The number of hydrogen-bond donors (Lipinski definition) is 1. The summed E-state index contributed by atoms with van der Waals surface area (Å²) >= 11 is 0. The van der Waals surface area contributed by atoms with Crippen molar-refractivity contribution in [2.24, 2.45) is 5.92 Å². The van der Waals surface area contributed by atoms with Crippen LogP contribution in [0.25, 0.3) is 0 Å². The molecule has 1 aliphatic rings. The van der Waals surface area contributed by atoms with Gasteiger partial charge in [0.15, 0.2) is 12.2 Å². The van der Waals surface area contributed by atoms with Crippen LogP contribution in [0, 0.1) is 5.92 Å². The molecule has 0 spiro atoms. The van der Waals surface area contributed by atoms with Gasteiger partial charge in [0.1, 0.15) is 5.75 Å². The third kappa shape index (κ3) is 4.49. The Balaban J connectivity index is 2.44. The number of hydrogen-bond acceptors (Lipinski definition) is 7. The number of carbonyl (C=O) groups excluding carboxylic acids is 2. The van der Waals surface area contributed by atoms with E-state index in [4.69, 9.17) is 18.9 Å². The van der Waals surface area contributed by atoms with Crippen molar-refractivity contribution in [3.05, 3.63) is 29.8 Å². The quantitative estimate of drug-likeness (QED) is 0.457. The fraction of sp³-hybridized carbons (Fsp3) is 0.556. The van der Waals surface area contributed by atoms with E-state index >= 15 is 0 Å². The van der Waals surface area contributed by atoms with Crippen molar-refractivity contribution >= 4 is 11.9 Å². The SMILES string of the molecule is CCOC(OCC)C(c1ccc(O)cc1)C1C(=O)OC(C)(C)OC1=O. The van der Waals surface area contributed by atoms with Gasteiger partial charge in [0.2, 0.25) is 0 Å². The highest BCUT2D eigenvalue weighted by atomic mass is 16.7. The number of rotatable bonds is 7. The molecule has 0 amide bonds. The largest absolute Gasteiger partial charge is 0.508 e. The summed E-state index contributed by atoms with van der Waals surface area (Å²) < 4.78 is 21.8. The Labute approximate surface area is 146 Å². The minimum absolute atomic E-state index is 0.0711. The van der Waals surface area contributed by atoms with Gasteiger partial charge in [0.25, 0.3) is 5.79 Å². The standard InChI is InChI=1S/C18H24O7/c1-5-22-17(23-6-2)13(11-7-9-12(19)10-8-11)14-15(20)24-18(3,4)25-16(14)21/h7-10,13-14,17,19H,5-6H2,1-4H3. The van der Waals surface area contributed by atoms with E-state index in [1.807, 2.05) is 0 Å². The molecule has 0 bridgehead atoms. The lowest BCUT2D eigenvalue weighted by atomic mass is 9.84. The molecule has 0 radical (unpaired) electrons. The molecule has 0 saturated carbocycles. The maximum absolute atomic E-state index is 12.5. The zero-order valence-electron chi connectivity index (χ0n) is 14.9. The summed E-state index contributed by atoms with van der Waals surface area (Å²) in [5.41, 5.74) is 0.600. The number of esters is 2. The summed E-state index contributed by atoms with van der Waals surface area (Å²) in [4.78, 5) is 25.1. The first-order valence-electron chi connectivity index (χ1n) is 8.27. The van der Waals surface area contributed by atoms with E-state index in [1.165, 1.54) is 26.0 Å². The van der Waals surface area contributed by atoms with Crippen molar-refractivity contribution in [2.45, 2.75) is 45.7 Å². The van der Waals surface area contributed by atoms with E-state index in [1.54, 1.807) is 26.0 Å². The topological polar surface area (TPSA) is 91.3 Å². The van der Waals surface area contributed by atoms with E-state index in [9.17, 15) is 14.7 Å². The van der Waals surface area contributed by atoms with E-state index in [-0.39, 0.29) is 5.75 Å². The molecule has 2 rings (SSSR count). The molecule has 1 saturated heterocycles. The predicted octanol–water partition coefficient (Wildman–Crippen LogP) is 2.33. The molecule has 7 heteroatoms. The van der Waals surface area contributed by atoms with Gasteiger partial charge < -0.3 is 24.1 Å². The molecule has 1 aromatic carbocycles. The van der Waals surface area contributed by atoms with Gasteiger partial charge >= 0.3 is 11.9 Å². The summed E-state index contributed by atoms with van der Waals surface area (Å²) in [7, 11) is 0. The van der Waals surface area contributed by atoms with Crippen molar-refractivity contribution < 1.29 is 33.6 Å². The number of phenolic OH excluding ortho intramolecular Hbond substituents is 1. The van der Waals surface area contributed by atoms with Gasteiger partial charge in [0, 0.05) is 27.1 Å². The Bertz CT molecular complexity index is 582. The van der Waals surface area contributed by atoms with Crippen LogP contribution in [0.15, 0.2) is 24.3 Å². The monoisotopic (exact) mass is 352 g/mol. The van der Waals surface area contributed by atoms with E-state index in [0.29, 0.717) is 18.8 Å². The Kier molecular flexibility index (Phi) is 6.02. The number of ether oxygens (including phenoxy) is 4. The maximum Gasteiger partial charge on any atom is 0.324 e. The lowest BCUT2D eigenvalue weighted by molar-refractivity contribution is -0.247. The van der Waals surface area contributed by atoms with Crippen LogP contribution in [0.2, 0.25) is 0 Å². The molecule has 138 valence electrons. The zero-order valence-corrected chi connectivity index (χ0v) is 14.9. The lowest BCUT2D eigenvalue weighted by Crippen LogP contribution is -2.50. The number of benzene rings is 1. The fourth-order valence-electron chi connectivity index (χ4n) is 2.81. The third-order valence-electron chi connectivity index (χ3n) is 3.79. The predicted molar refractivity (Wildman–Crippen MR) is 87.6 cm³/mol. The van der Waals surface area contributed by atoms with Crippen LogP contribution < -0.4 is 0 Å². The van der Waals surface area contributed by atoms with Gasteiger partial charge in [-0.25, -0.2) is 0 Å². The van der Waals surface area contributed by atoms with Crippen LogP contribution in [0.4, 0.5) is 0 Å². The molecule has 1 aromatic rings. The first-order chi connectivity index (χ1) is 11.8. The van der Waals surface area contributed by atoms with Crippen LogP contribution in [0.1, 0.15) is 39.2 Å². The van der Waals surface area contributed by atoms with Crippen LogP contribution >= 0.6 is 0 Å². The summed E-state index contributed by atoms with van der Waals surface area (Å²) in [6, 6.07) is 6.18. The van der Waals surface area contributed by atoms with E-state index in [2.05, 4.69) is 0 Å². The molecule has 1 aliphatic heterocycles. The van der Waals surface area contributed by atoms with E-state index in [0.717, 1.165) is 0 Å². The van der Waals surface area contributed by atoms with Crippen molar-refractivity contribution in [1.82, 2.24) is 0 Å². The number of cyclic esters (lactones) is 2. The lowest BCUT2D eigenvalue weighted by Gasteiger charge is -2.38. The van der Waals surface area contributed by atoms with Crippen molar-refractivity contribution in [2.75, 3.05) is 13.2 Å². The molecule has 1 heterocycles. The average Bonchev–Trinajstić information content (AvgIpc) is 2.51. The molecule has 0 aromatic heterocycles. The minimum atomic E-state index is -1.31. The number of aromatic hydroxyl groups is 1. The Hall–Kier alpha value is -2.12. The number of phenols is 1. The Morgan fingerprint density at radius 3 is 1.96 bits per heavy atom. The van der Waals surface area contributed by atoms with Crippen LogP contribution in [-0.4, -0.2) is 42.3 Å². The molecule has 25 heavy (non-hydrogen) atoms. The van der Waals surface area contributed by atoms with Crippen molar-refractivity contribution in [3.63, 3.8) is 0 Å². The molecule has 7 nitrogen and oxygen atoms in total. The van der Waals surface area contributed by atoms with Crippen molar-refractivity contribution in [1.29, 1.82) is 0 Å². The van der Waals surface area contributed by atoms with Crippen LogP contribution in [0.3, 0.4) is 0 Å². The maximum atomic E-state index is 12.5. The van der Waals surface area contributed by atoms with Gasteiger partial charge in [0.05, 0.1) is 5.92 Å². The molecular weight excluding hydrogens is 328 g/mol. The first-order valence-corrected chi connectivity index (χ1v) is 8.27. The minimum Gasteiger partial charge on any atom is -0.508 e. The highest BCUT2D eigenvalue weighted by Gasteiger charge is 2.50. The summed E-state index contributed by atoms with van der Waals surface area (Å²) in [6.45, 7) is 7.25. The second-order valence-electron chi connectivity index (χ2n) is 6.12. The summed E-state index contributed by atoms with van der Waals surface area (Å²) in [5, 5.41) is 9.52. The van der Waals surface area contributed by atoms with Crippen LogP contribution in [-0.2, 0) is 28.5 Å². The smallest absolute Gasteiger partial charge is 0.324 e. The Morgan fingerprint density at radius 1 is 1.04 bits per heavy atom. The number of carbonyl (C=O) groups is 2. The van der Waals surface area contributed by atoms with Gasteiger partial charge in [-0.15, -0.1) is 0 Å². The van der Waals surface area contributed by atoms with Gasteiger partial charge in [-0.05, 0) is 31.5 Å². The third-order valence-corrected chi connectivity index (χ3v) is 3.79. The molecule has 1 atom stereocenters. The van der Waals surface area contributed by atoms with E-state index < -0.39 is 35.9 Å². The molecule has 1 fully saturated rings. The highest BCUT2D eigenvalue weighted by Crippen LogP contribution is 2.37. The first kappa shape index (κ1) is 19.2. The van der Waals surface area contributed by atoms with Gasteiger partial charge in [-0.3, -0.25) is 9.59 Å².